The van der Waals surface area contributed by atoms with Crippen LogP contribution in [0.3, 0.4) is 0 Å². The van der Waals surface area contributed by atoms with Crippen molar-refractivity contribution in [2.75, 3.05) is 12.0 Å². The molecular weight excluding hydrogens is 421 g/mol. The smallest absolute Gasteiger partial charge is 0.193 e. The number of nitrogens with one attached hydrogen (secondary N) is 1. The molecule has 0 bridgehead atoms. The van der Waals surface area contributed by atoms with Crippen LogP contribution < -0.4 is 15.4 Å². The molecule has 7 heteroatoms. The van der Waals surface area contributed by atoms with Gasteiger partial charge in [0, 0.05) is 21.0 Å². The minimum Gasteiger partial charge on any atom is -0.495 e. The van der Waals surface area contributed by atoms with E-state index in [0.29, 0.717) is 27.2 Å². The van der Waals surface area contributed by atoms with Gasteiger partial charge in [0.05, 0.1) is 19.3 Å². The van der Waals surface area contributed by atoms with Crippen molar-refractivity contribution in [3.05, 3.63) is 82.5 Å². The molecule has 0 saturated carbocycles. The Morgan fingerprint density at radius 3 is 2.57 bits per heavy atom. The Balaban J connectivity index is 1.77. The number of ether oxygens (including phenoxy) is 1. The quantitative estimate of drug-likeness (QED) is 0.282. The van der Waals surface area contributed by atoms with E-state index in [0.717, 1.165) is 22.1 Å². The number of furan rings is 1. The molecule has 1 heterocycles. The van der Waals surface area contributed by atoms with E-state index in [1.807, 2.05) is 54.6 Å². The SMILES string of the molecule is COc1ccc(-c2ccc(Cl)cc2Cl)cc1N(Cc1cc2ccccc2o1)C(=N)N. The summed E-state index contributed by atoms with van der Waals surface area (Å²) in [4.78, 5) is 1.63. The average Bonchev–Trinajstić information content (AvgIpc) is 3.14. The summed E-state index contributed by atoms with van der Waals surface area (Å²) in [5, 5.41) is 10.2. The second-order valence-corrected chi connectivity index (χ2v) is 7.58. The standard InChI is InChI=1S/C23H19Cl2N3O2/c1-29-22-9-6-14(18-8-7-16(24)12-19(18)25)11-20(22)28(23(26)27)13-17-10-15-4-2-3-5-21(15)30-17/h2-12H,13H2,1H3,(H3,26,27). The first-order chi connectivity index (χ1) is 14.5. The molecule has 0 aliphatic heterocycles. The maximum Gasteiger partial charge on any atom is 0.193 e. The zero-order valence-corrected chi connectivity index (χ0v) is 17.7. The van der Waals surface area contributed by atoms with E-state index in [2.05, 4.69) is 0 Å². The predicted octanol–water partition coefficient (Wildman–Crippen LogP) is 6.32. The number of anilines is 1. The topological polar surface area (TPSA) is 75.5 Å². The van der Waals surface area contributed by atoms with Crippen LogP contribution in [-0.2, 0) is 6.54 Å². The molecule has 4 aromatic rings. The van der Waals surface area contributed by atoms with Gasteiger partial charge in [0.1, 0.15) is 17.1 Å². The first-order valence-electron chi connectivity index (χ1n) is 9.19. The zero-order valence-electron chi connectivity index (χ0n) is 16.2. The number of nitrogens with two attached hydrogens (primary N) is 1. The van der Waals surface area contributed by atoms with Gasteiger partial charge in [0.25, 0.3) is 0 Å². The van der Waals surface area contributed by atoms with Crippen molar-refractivity contribution in [1.82, 2.24) is 0 Å². The second-order valence-electron chi connectivity index (χ2n) is 6.73. The lowest BCUT2D eigenvalue weighted by Gasteiger charge is -2.24. The molecule has 1 aromatic heterocycles. The highest BCUT2D eigenvalue weighted by molar-refractivity contribution is 6.36. The largest absolute Gasteiger partial charge is 0.495 e. The number of para-hydroxylation sites is 1. The summed E-state index contributed by atoms with van der Waals surface area (Å²) in [6.07, 6.45) is 0. The van der Waals surface area contributed by atoms with Crippen molar-refractivity contribution in [1.29, 1.82) is 5.41 Å². The van der Waals surface area contributed by atoms with Crippen molar-refractivity contribution in [3.63, 3.8) is 0 Å². The Hall–Kier alpha value is -3.15. The monoisotopic (exact) mass is 439 g/mol. The number of nitrogens with zero attached hydrogens (tertiary/aromatic N) is 1. The molecule has 0 aliphatic carbocycles. The highest BCUT2D eigenvalue weighted by atomic mass is 35.5. The fourth-order valence-corrected chi connectivity index (χ4v) is 3.88. The van der Waals surface area contributed by atoms with Gasteiger partial charge in [0.15, 0.2) is 5.96 Å². The molecule has 3 aromatic carbocycles. The molecule has 0 fully saturated rings. The Morgan fingerprint density at radius 2 is 1.87 bits per heavy atom. The van der Waals surface area contributed by atoms with Gasteiger partial charge in [-0.15, -0.1) is 0 Å². The van der Waals surface area contributed by atoms with E-state index in [9.17, 15) is 0 Å². The number of hydrogen-bond donors (Lipinski definition) is 2. The third-order valence-corrected chi connectivity index (χ3v) is 5.34. The van der Waals surface area contributed by atoms with Crippen LogP contribution in [0.15, 0.2) is 71.1 Å². The van der Waals surface area contributed by atoms with Gasteiger partial charge in [-0.2, -0.15) is 0 Å². The second kappa shape index (κ2) is 8.30. The lowest BCUT2D eigenvalue weighted by atomic mass is 10.0. The van der Waals surface area contributed by atoms with Crippen LogP contribution in [0.4, 0.5) is 5.69 Å². The van der Waals surface area contributed by atoms with E-state index in [4.69, 9.17) is 43.5 Å². The first kappa shape index (κ1) is 20.1. The van der Waals surface area contributed by atoms with Gasteiger partial charge < -0.3 is 19.8 Å². The average molecular weight is 440 g/mol. The molecule has 0 saturated heterocycles. The third-order valence-electron chi connectivity index (χ3n) is 4.79. The van der Waals surface area contributed by atoms with Crippen molar-refractivity contribution < 1.29 is 9.15 Å². The number of guanidine groups is 1. The van der Waals surface area contributed by atoms with Crippen LogP contribution in [0, 0.1) is 5.41 Å². The lowest BCUT2D eigenvalue weighted by Crippen LogP contribution is -2.36. The minimum atomic E-state index is -0.131. The van der Waals surface area contributed by atoms with Crippen LogP contribution in [0.1, 0.15) is 5.76 Å². The number of halogens is 2. The Kier molecular flexibility index (Phi) is 5.57. The fourth-order valence-electron chi connectivity index (χ4n) is 3.36. The van der Waals surface area contributed by atoms with Gasteiger partial charge in [-0.1, -0.05) is 53.5 Å². The van der Waals surface area contributed by atoms with E-state index < -0.39 is 0 Å². The van der Waals surface area contributed by atoms with Gasteiger partial charge in [-0.05, 0) is 42.0 Å². The van der Waals surface area contributed by atoms with Crippen molar-refractivity contribution >= 4 is 45.8 Å². The number of hydrogen-bond acceptors (Lipinski definition) is 3. The summed E-state index contributed by atoms with van der Waals surface area (Å²) >= 11 is 12.4. The molecule has 0 aliphatic rings. The summed E-state index contributed by atoms with van der Waals surface area (Å²) in [6.45, 7) is 0.276. The summed E-state index contributed by atoms with van der Waals surface area (Å²) in [5.41, 5.74) is 9.02. The van der Waals surface area contributed by atoms with Gasteiger partial charge in [-0.3, -0.25) is 5.41 Å². The van der Waals surface area contributed by atoms with Crippen LogP contribution >= 0.6 is 23.2 Å². The highest BCUT2D eigenvalue weighted by Crippen LogP contribution is 2.37. The molecule has 0 atom stereocenters. The normalized spacial score (nSPS) is 10.9. The number of fused-ring (bicyclic) bond motifs is 1. The number of benzene rings is 3. The Labute approximate surface area is 184 Å². The van der Waals surface area contributed by atoms with Crippen LogP contribution in [0.5, 0.6) is 5.75 Å². The molecule has 152 valence electrons. The summed E-state index contributed by atoms with van der Waals surface area (Å²) in [6, 6.07) is 20.6. The lowest BCUT2D eigenvalue weighted by molar-refractivity contribution is 0.415. The molecule has 3 N–H and O–H groups in total. The highest BCUT2D eigenvalue weighted by Gasteiger charge is 2.19. The van der Waals surface area contributed by atoms with E-state index in [1.165, 1.54) is 0 Å². The maximum atomic E-state index is 8.15. The van der Waals surface area contributed by atoms with E-state index in [-0.39, 0.29) is 12.5 Å². The van der Waals surface area contributed by atoms with E-state index in [1.54, 1.807) is 24.1 Å². The fraction of sp³-hybridized carbons (Fsp3) is 0.0870. The van der Waals surface area contributed by atoms with Crippen LogP contribution in [0.25, 0.3) is 22.1 Å². The molecule has 5 nitrogen and oxygen atoms in total. The number of rotatable bonds is 5. The van der Waals surface area contributed by atoms with Gasteiger partial charge in [-0.25, -0.2) is 0 Å². The van der Waals surface area contributed by atoms with Crippen molar-refractivity contribution in [3.8, 4) is 16.9 Å². The zero-order chi connectivity index (χ0) is 21.3. The molecular formula is C23H19Cl2N3O2. The number of methoxy groups -OCH3 is 1. The molecule has 0 radical (unpaired) electrons. The Morgan fingerprint density at radius 1 is 1.07 bits per heavy atom. The van der Waals surface area contributed by atoms with Crippen molar-refractivity contribution in [2.45, 2.75) is 6.54 Å². The van der Waals surface area contributed by atoms with Gasteiger partial charge >= 0.3 is 0 Å². The van der Waals surface area contributed by atoms with Crippen LogP contribution in [0.2, 0.25) is 10.0 Å². The molecule has 0 unspecified atom stereocenters. The summed E-state index contributed by atoms with van der Waals surface area (Å²) in [7, 11) is 1.58. The maximum absolute atomic E-state index is 8.15. The minimum absolute atomic E-state index is 0.131. The van der Waals surface area contributed by atoms with Crippen molar-refractivity contribution in [2.24, 2.45) is 5.73 Å². The first-order valence-corrected chi connectivity index (χ1v) is 9.94. The summed E-state index contributed by atoms with van der Waals surface area (Å²) in [5.74, 6) is 1.13. The molecule has 30 heavy (non-hydrogen) atoms. The van der Waals surface area contributed by atoms with Gasteiger partial charge in [0.2, 0.25) is 0 Å². The summed E-state index contributed by atoms with van der Waals surface area (Å²) < 4.78 is 11.5. The predicted molar refractivity (Wildman–Crippen MR) is 123 cm³/mol. The molecule has 0 spiro atoms. The third kappa shape index (κ3) is 3.95. The Bertz CT molecular complexity index is 1200. The van der Waals surface area contributed by atoms with E-state index >= 15 is 0 Å². The van der Waals surface area contributed by atoms with Crippen LogP contribution in [-0.4, -0.2) is 13.1 Å². The molecule has 4 rings (SSSR count). The molecule has 0 amide bonds.